The van der Waals surface area contributed by atoms with Crippen LogP contribution < -0.4 is 0 Å². The summed E-state index contributed by atoms with van der Waals surface area (Å²) in [5.41, 5.74) is 2.56. The molecule has 0 spiro atoms. The number of halogens is 2. The molecular formula is C8H5ClIN3. The van der Waals surface area contributed by atoms with E-state index in [1.807, 2.05) is 6.07 Å². The molecule has 13 heavy (non-hydrogen) atoms. The van der Waals surface area contributed by atoms with E-state index in [9.17, 15) is 0 Å². The first kappa shape index (κ1) is 8.96. The van der Waals surface area contributed by atoms with Crippen molar-refractivity contribution in [3.8, 4) is 0 Å². The summed E-state index contributed by atoms with van der Waals surface area (Å²) in [6.07, 6.45) is 3.46. The fourth-order valence-electron chi connectivity index (χ4n) is 1.15. The molecule has 66 valence electrons. The summed E-state index contributed by atoms with van der Waals surface area (Å²) in [6.45, 7) is 3.70. The van der Waals surface area contributed by atoms with Crippen LogP contribution >= 0.6 is 34.4 Å². The molecule has 2 heterocycles. The highest BCUT2D eigenvalue weighted by atomic mass is 127. The molecule has 0 unspecified atom stereocenters. The van der Waals surface area contributed by atoms with Crippen molar-refractivity contribution in [2.75, 3.05) is 0 Å². The summed E-state index contributed by atoms with van der Waals surface area (Å²) in [5, 5.41) is 4.06. The highest BCUT2D eigenvalue weighted by Gasteiger charge is 2.10. The lowest BCUT2D eigenvalue weighted by molar-refractivity contribution is 1.00. The molecule has 2 aromatic heterocycles. The number of rotatable bonds is 1. The van der Waals surface area contributed by atoms with Crippen molar-refractivity contribution >= 4 is 51.5 Å². The number of fused-ring (bicyclic) bond motifs is 1. The fourth-order valence-corrected chi connectivity index (χ4v) is 2.14. The van der Waals surface area contributed by atoms with Gasteiger partial charge in [-0.25, -0.2) is 0 Å². The van der Waals surface area contributed by atoms with E-state index in [2.05, 4.69) is 39.3 Å². The lowest BCUT2D eigenvalue weighted by Crippen LogP contribution is -1.85. The Balaban J connectivity index is 2.96. The van der Waals surface area contributed by atoms with Gasteiger partial charge in [0.05, 0.1) is 0 Å². The van der Waals surface area contributed by atoms with Gasteiger partial charge in [-0.1, -0.05) is 12.7 Å². The first-order valence-electron chi connectivity index (χ1n) is 3.56. The highest BCUT2D eigenvalue weighted by molar-refractivity contribution is 14.1. The van der Waals surface area contributed by atoms with Crippen LogP contribution in [0, 0.1) is 3.70 Å². The van der Waals surface area contributed by atoms with Crippen molar-refractivity contribution in [1.82, 2.24) is 14.3 Å². The Labute approximate surface area is 93.7 Å². The molecule has 0 saturated carbocycles. The fraction of sp³-hybridized carbons (Fsp3) is 0. The third-order valence-corrected chi connectivity index (χ3v) is 2.70. The van der Waals surface area contributed by atoms with E-state index in [1.54, 1.807) is 12.3 Å². The normalized spacial score (nSPS) is 10.6. The maximum Gasteiger partial charge on any atom is 0.151 e. The van der Waals surface area contributed by atoms with Crippen molar-refractivity contribution in [1.29, 1.82) is 0 Å². The Morgan fingerprint density at radius 3 is 3.08 bits per heavy atom. The second-order valence-corrected chi connectivity index (χ2v) is 3.79. The number of nitrogens with zero attached hydrogens (tertiary/aromatic N) is 3. The molecule has 0 aromatic carbocycles. The maximum absolute atomic E-state index is 5.87. The molecule has 0 aliphatic rings. The van der Waals surface area contributed by atoms with Gasteiger partial charge >= 0.3 is 0 Å². The first-order valence-corrected chi connectivity index (χ1v) is 4.97. The van der Waals surface area contributed by atoms with Crippen LogP contribution in [0.5, 0.6) is 0 Å². The third-order valence-electron chi connectivity index (χ3n) is 1.73. The van der Waals surface area contributed by atoms with Crippen LogP contribution in [0.2, 0.25) is 0 Å². The minimum absolute atomic E-state index is 0.798. The molecular weight excluding hydrogens is 300 g/mol. The second-order valence-electron chi connectivity index (χ2n) is 2.45. The van der Waals surface area contributed by atoms with Crippen LogP contribution in [-0.4, -0.2) is 14.3 Å². The number of hydrogen-bond donors (Lipinski definition) is 0. The molecule has 2 aromatic rings. The van der Waals surface area contributed by atoms with E-state index in [1.165, 1.54) is 4.20 Å². The molecule has 0 atom stereocenters. The summed E-state index contributed by atoms with van der Waals surface area (Å²) in [7, 11) is 0. The third kappa shape index (κ3) is 1.34. The summed E-state index contributed by atoms with van der Waals surface area (Å²) in [4.78, 5) is 4.19. The Morgan fingerprint density at radius 2 is 2.38 bits per heavy atom. The molecule has 3 nitrogen and oxygen atoms in total. The lowest BCUT2D eigenvalue weighted by Gasteiger charge is -1.95. The molecule has 2 rings (SSSR count). The molecule has 0 aliphatic heterocycles. The zero-order valence-electron chi connectivity index (χ0n) is 6.54. The van der Waals surface area contributed by atoms with E-state index in [-0.39, 0.29) is 0 Å². The topological polar surface area (TPSA) is 30.7 Å². The summed E-state index contributed by atoms with van der Waals surface area (Å²) < 4.78 is 2.10. The molecule has 5 heteroatoms. The standard InChI is InChI=1S/C8H5ClIN3/c1-2-5-3-4-11-6-7(5)13(9)12-8(6)10/h2-4H,1H2. The van der Waals surface area contributed by atoms with Gasteiger partial charge in [0, 0.05) is 23.5 Å². The molecule has 0 aliphatic carbocycles. The Hall–Kier alpha value is -0.620. The van der Waals surface area contributed by atoms with E-state index < -0.39 is 0 Å². The summed E-state index contributed by atoms with van der Waals surface area (Å²) in [6, 6.07) is 1.85. The second kappa shape index (κ2) is 3.26. The Kier molecular flexibility index (Phi) is 2.25. The average molecular weight is 306 g/mol. The largest absolute Gasteiger partial charge is 0.252 e. The van der Waals surface area contributed by atoms with E-state index in [4.69, 9.17) is 11.8 Å². The van der Waals surface area contributed by atoms with Crippen molar-refractivity contribution in [3.05, 3.63) is 28.1 Å². The van der Waals surface area contributed by atoms with Gasteiger partial charge < -0.3 is 0 Å². The minimum Gasteiger partial charge on any atom is -0.252 e. The molecule has 0 saturated heterocycles. The van der Waals surface area contributed by atoms with E-state index in [0.29, 0.717) is 0 Å². The maximum atomic E-state index is 5.87. The molecule has 0 amide bonds. The minimum atomic E-state index is 0.798. The predicted molar refractivity (Wildman–Crippen MR) is 61.6 cm³/mol. The summed E-state index contributed by atoms with van der Waals surface area (Å²) in [5.74, 6) is 0. The molecule has 0 N–H and O–H groups in total. The quantitative estimate of drug-likeness (QED) is 0.758. The van der Waals surface area contributed by atoms with Gasteiger partial charge in [0.1, 0.15) is 11.0 Å². The van der Waals surface area contributed by atoms with Crippen LogP contribution in [0.15, 0.2) is 18.8 Å². The Bertz CT molecular complexity index is 477. The number of pyridine rings is 1. The van der Waals surface area contributed by atoms with Gasteiger partial charge in [-0.2, -0.15) is 4.20 Å². The monoisotopic (exact) mass is 305 g/mol. The van der Waals surface area contributed by atoms with Gasteiger partial charge in [0.25, 0.3) is 0 Å². The van der Waals surface area contributed by atoms with Crippen molar-refractivity contribution in [2.45, 2.75) is 0 Å². The van der Waals surface area contributed by atoms with Gasteiger partial charge in [0.2, 0.25) is 0 Å². The smallest absolute Gasteiger partial charge is 0.151 e. The van der Waals surface area contributed by atoms with E-state index in [0.717, 1.165) is 20.3 Å². The zero-order chi connectivity index (χ0) is 9.42. The van der Waals surface area contributed by atoms with E-state index >= 15 is 0 Å². The number of aromatic nitrogens is 3. The van der Waals surface area contributed by atoms with Gasteiger partial charge in [-0.15, -0.1) is 5.10 Å². The van der Waals surface area contributed by atoms with Crippen molar-refractivity contribution in [2.24, 2.45) is 0 Å². The highest BCUT2D eigenvalue weighted by Crippen LogP contribution is 2.22. The van der Waals surface area contributed by atoms with Crippen LogP contribution in [0.25, 0.3) is 17.1 Å². The molecule has 0 bridgehead atoms. The predicted octanol–water partition coefficient (Wildman–Crippen LogP) is 2.68. The molecule has 0 fully saturated rings. The van der Waals surface area contributed by atoms with Gasteiger partial charge in [0.15, 0.2) is 3.70 Å². The van der Waals surface area contributed by atoms with Gasteiger partial charge in [-0.05, 0) is 28.7 Å². The van der Waals surface area contributed by atoms with Crippen LogP contribution in [0.1, 0.15) is 5.56 Å². The Morgan fingerprint density at radius 1 is 1.62 bits per heavy atom. The van der Waals surface area contributed by atoms with Crippen LogP contribution in [0.4, 0.5) is 0 Å². The molecule has 0 radical (unpaired) electrons. The van der Waals surface area contributed by atoms with Crippen molar-refractivity contribution in [3.63, 3.8) is 0 Å². The number of hydrogen-bond acceptors (Lipinski definition) is 2. The van der Waals surface area contributed by atoms with Gasteiger partial charge in [-0.3, -0.25) is 4.98 Å². The van der Waals surface area contributed by atoms with Crippen LogP contribution in [-0.2, 0) is 0 Å². The zero-order valence-corrected chi connectivity index (χ0v) is 9.45. The first-order chi connectivity index (χ1) is 6.24. The summed E-state index contributed by atoms with van der Waals surface area (Å²) >= 11 is 7.97. The lowest BCUT2D eigenvalue weighted by atomic mass is 10.2. The van der Waals surface area contributed by atoms with Crippen molar-refractivity contribution < 1.29 is 0 Å². The average Bonchev–Trinajstić information content (AvgIpc) is 2.43. The van der Waals surface area contributed by atoms with Crippen LogP contribution in [0.3, 0.4) is 0 Å². The SMILES string of the molecule is C=Cc1ccnc2c(I)nn(Cl)c12.